The number of carbonyl (C=O) groups excluding carboxylic acids is 1. The maximum Gasteiger partial charge on any atom is 0.312 e. The van der Waals surface area contributed by atoms with E-state index in [1.165, 1.54) is 0 Å². The largest absolute Gasteiger partial charge is 0.454 e. The van der Waals surface area contributed by atoms with E-state index < -0.39 is 5.92 Å². The lowest BCUT2D eigenvalue weighted by molar-refractivity contribution is -0.135. The van der Waals surface area contributed by atoms with Gasteiger partial charge >= 0.3 is 5.97 Å². The molecule has 4 heterocycles. The van der Waals surface area contributed by atoms with Crippen LogP contribution in [0.3, 0.4) is 0 Å². The van der Waals surface area contributed by atoms with Crippen molar-refractivity contribution in [2.45, 2.75) is 12.3 Å². The summed E-state index contributed by atoms with van der Waals surface area (Å²) in [6, 6.07) is 8.83. The van der Waals surface area contributed by atoms with E-state index >= 15 is 0 Å². The first kappa shape index (κ1) is 15.6. The maximum absolute atomic E-state index is 12.9. The molecule has 2 aromatic heterocycles. The van der Waals surface area contributed by atoms with Gasteiger partial charge in [-0.2, -0.15) is 8.75 Å². The SMILES string of the molecule is O=C1CC(c2cc3cc4c(cc3[nH]c2=O)OCO4)c2c(ccc3nsnc23)O1. The molecule has 8 nitrogen and oxygen atoms in total. The normalized spacial score (nSPS) is 17.7. The van der Waals surface area contributed by atoms with Crippen LogP contribution < -0.4 is 19.8 Å². The van der Waals surface area contributed by atoms with Gasteiger partial charge in [0, 0.05) is 28.5 Å². The quantitative estimate of drug-likeness (QED) is 0.392. The summed E-state index contributed by atoms with van der Waals surface area (Å²) in [6.45, 7) is 0.152. The van der Waals surface area contributed by atoms with E-state index in [1.807, 2.05) is 6.07 Å². The molecule has 0 saturated heterocycles. The number of aromatic amines is 1. The van der Waals surface area contributed by atoms with Crippen LogP contribution in [0.15, 0.2) is 35.1 Å². The van der Waals surface area contributed by atoms with Crippen LogP contribution in [0.2, 0.25) is 0 Å². The fraction of sp³-hybridized carbons (Fsp3) is 0.158. The van der Waals surface area contributed by atoms with Crippen LogP contribution in [0.25, 0.3) is 21.9 Å². The summed E-state index contributed by atoms with van der Waals surface area (Å²) in [5, 5.41) is 0.794. The first-order valence-electron chi connectivity index (χ1n) is 8.60. The summed E-state index contributed by atoms with van der Waals surface area (Å²) in [5.41, 5.74) is 2.95. The minimum atomic E-state index is -0.470. The summed E-state index contributed by atoms with van der Waals surface area (Å²) in [6.07, 6.45) is 0.0583. The second-order valence-corrected chi connectivity index (χ2v) is 7.22. The number of nitrogens with zero attached hydrogens (tertiary/aromatic N) is 2. The number of hydrogen-bond donors (Lipinski definition) is 1. The zero-order valence-electron chi connectivity index (χ0n) is 14.2. The molecule has 138 valence electrons. The van der Waals surface area contributed by atoms with Crippen molar-refractivity contribution in [2.75, 3.05) is 6.79 Å². The van der Waals surface area contributed by atoms with Crippen LogP contribution >= 0.6 is 11.7 Å². The molecule has 28 heavy (non-hydrogen) atoms. The predicted molar refractivity (Wildman–Crippen MR) is 100 cm³/mol. The van der Waals surface area contributed by atoms with Crippen molar-refractivity contribution in [2.24, 2.45) is 0 Å². The Kier molecular flexibility index (Phi) is 3.07. The summed E-state index contributed by atoms with van der Waals surface area (Å²) < 4.78 is 24.8. The van der Waals surface area contributed by atoms with Crippen molar-refractivity contribution in [1.82, 2.24) is 13.7 Å². The number of hydrogen-bond acceptors (Lipinski definition) is 8. The molecule has 1 N–H and O–H groups in total. The molecule has 0 aliphatic carbocycles. The standard InChI is InChI=1S/C19H11N3O5S/c23-16-5-9(17-13(27-16)2-1-11-18(17)22-28-21-11)10-3-8-4-14-15(26-7-25-14)6-12(8)20-19(10)24/h1-4,6,9H,5,7H2,(H,20,24). The first-order valence-corrected chi connectivity index (χ1v) is 9.33. The van der Waals surface area contributed by atoms with Crippen molar-refractivity contribution < 1.29 is 19.0 Å². The Bertz CT molecular complexity index is 1360. The number of fused-ring (bicyclic) bond motifs is 5. The van der Waals surface area contributed by atoms with Gasteiger partial charge in [-0.05, 0) is 24.3 Å². The molecule has 6 rings (SSSR count). The zero-order valence-corrected chi connectivity index (χ0v) is 15.0. The van der Waals surface area contributed by atoms with E-state index in [0.29, 0.717) is 39.4 Å². The van der Waals surface area contributed by atoms with Gasteiger partial charge in [-0.3, -0.25) is 9.59 Å². The number of nitrogens with one attached hydrogen (secondary N) is 1. The summed E-state index contributed by atoms with van der Waals surface area (Å²) in [4.78, 5) is 28.0. The molecule has 9 heteroatoms. The smallest absolute Gasteiger partial charge is 0.312 e. The van der Waals surface area contributed by atoms with Crippen LogP contribution in [0, 0.1) is 0 Å². The van der Waals surface area contributed by atoms with Crippen LogP contribution in [-0.2, 0) is 4.79 Å². The highest BCUT2D eigenvalue weighted by atomic mass is 32.1. The molecule has 0 saturated carbocycles. The fourth-order valence-corrected chi connectivity index (χ4v) is 4.40. The van der Waals surface area contributed by atoms with E-state index in [1.54, 1.807) is 24.3 Å². The summed E-state index contributed by atoms with van der Waals surface area (Å²) in [5.74, 6) is 0.789. The van der Waals surface area contributed by atoms with Crippen LogP contribution in [0.1, 0.15) is 23.5 Å². The van der Waals surface area contributed by atoms with E-state index in [4.69, 9.17) is 14.2 Å². The first-order chi connectivity index (χ1) is 13.7. The van der Waals surface area contributed by atoms with E-state index in [9.17, 15) is 9.59 Å². The van der Waals surface area contributed by atoms with Gasteiger partial charge in [0.15, 0.2) is 11.5 Å². The molecule has 0 radical (unpaired) electrons. The van der Waals surface area contributed by atoms with Crippen molar-refractivity contribution in [3.8, 4) is 17.2 Å². The predicted octanol–water partition coefficient (Wildman–Crippen LogP) is 2.70. The van der Waals surface area contributed by atoms with E-state index in [-0.39, 0.29) is 24.7 Å². The number of rotatable bonds is 1. The summed E-state index contributed by atoms with van der Waals surface area (Å²) >= 11 is 1.09. The zero-order chi connectivity index (χ0) is 18.8. The molecule has 1 unspecified atom stereocenters. The second-order valence-electron chi connectivity index (χ2n) is 6.69. The number of esters is 1. The lowest BCUT2D eigenvalue weighted by Gasteiger charge is -2.24. The summed E-state index contributed by atoms with van der Waals surface area (Å²) in [7, 11) is 0. The van der Waals surface area contributed by atoms with Gasteiger partial charge in [0.1, 0.15) is 16.8 Å². The molecule has 2 aliphatic rings. The van der Waals surface area contributed by atoms with Gasteiger partial charge in [-0.15, -0.1) is 0 Å². The third-order valence-electron chi connectivity index (χ3n) is 5.11. The molecule has 0 spiro atoms. The Balaban J connectivity index is 1.60. The lowest BCUT2D eigenvalue weighted by Crippen LogP contribution is -2.26. The molecular formula is C19H11N3O5S. The minimum absolute atomic E-state index is 0.0583. The second kappa shape index (κ2) is 5.52. The monoisotopic (exact) mass is 393 g/mol. The molecule has 0 bridgehead atoms. The Hall–Kier alpha value is -3.46. The molecule has 0 fully saturated rings. The fourth-order valence-electron chi connectivity index (χ4n) is 3.85. The molecule has 0 amide bonds. The third kappa shape index (κ3) is 2.16. The minimum Gasteiger partial charge on any atom is -0.454 e. The number of ether oxygens (including phenoxy) is 3. The Morgan fingerprint density at radius 2 is 1.89 bits per heavy atom. The topological polar surface area (TPSA) is 103 Å². The van der Waals surface area contributed by atoms with Crippen LogP contribution in [0.4, 0.5) is 0 Å². The maximum atomic E-state index is 12.9. The highest BCUT2D eigenvalue weighted by molar-refractivity contribution is 7.00. The van der Waals surface area contributed by atoms with Crippen LogP contribution in [0.5, 0.6) is 17.2 Å². The Morgan fingerprint density at radius 1 is 1.04 bits per heavy atom. The molecular weight excluding hydrogens is 382 g/mol. The highest BCUT2D eigenvalue weighted by Crippen LogP contribution is 2.42. The number of pyridine rings is 1. The third-order valence-corrected chi connectivity index (χ3v) is 5.65. The van der Waals surface area contributed by atoms with Crippen LogP contribution in [-0.4, -0.2) is 26.5 Å². The van der Waals surface area contributed by atoms with Crippen molar-refractivity contribution in [3.05, 3.63) is 51.8 Å². The van der Waals surface area contributed by atoms with Gasteiger partial charge in [0.05, 0.1) is 23.7 Å². The van der Waals surface area contributed by atoms with Crippen molar-refractivity contribution in [1.29, 1.82) is 0 Å². The number of H-pyrrole nitrogens is 1. The van der Waals surface area contributed by atoms with E-state index in [0.717, 1.165) is 22.7 Å². The van der Waals surface area contributed by atoms with Crippen molar-refractivity contribution >= 4 is 39.6 Å². The number of carbonyl (C=O) groups is 1. The van der Waals surface area contributed by atoms with E-state index in [2.05, 4.69) is 13.7 Å². The molecule has 2 aromatic carbocycles. The van der Waals surface area contributed by atoms with Gasteiger partial charge in [-0.25, -0.2) is 0 Å². The van der Waals surface area contributed by atoms with Crippen molar-refractivity contribution in [3.63, 3.8) is 0 Å². The number of benzene rings is 2. The average Bonchev–Trinajstić information content (AvgIpc) is 3.33. The molecule has 2 aliphatic heterocycles. The lowest BCUT2D eigenvalue weighted by atomic mass is 9.85. The van der Waals surface area contributed by atoms with Gasteiger partial charge in [-0.1, -0.05) is 0 Å². The Labute approximate surface area is 161 Å². The van der Waals surface area contributed by atoms with Gasteiger partial charge < -0.3 is 19.2 Å². The number of aromatic nitrogens is 3. The van der Waals surface area contributed by atoms with Gasteiger partial charge in [0.25, 0.3) is 5.56 Å². The average molecular weight is 393 g/mol. The molecule has 4 aromatic rings. The molecule has 1 atom stereocenters. The highest BCUT2D eigenvalue weighted by Gasteiger charge is 2.33. The van der Waals surface area contributed by atoms with Gasteiger partial charge in [0.2, 0.25) is 6.79 Å². The Morgan fingerprint density at radius 3 is 2.79 bits per heavy atom.